The average molecular weight is 374 g/mol. The first-order chi connectivity index (χ1) is 11.8. The minimum atomic E-state index is -1.11. The number of hydrogen-bond acceptors (Lipinski definition) is 6. The molecule has 10 heteroatoms. The zero-order valence-electron chi connectivity index (χ0n) is 14.5. The summed E-state index contributed by atoms with van der Waals surface area (Å²) in [6.45, 7) is 1.77. The molecule has 1 heterocycles. The van der Waals surface area contributed by atoms with E-state index >= 15 is 0 Å². The fourth-order valence-electron chi connectivity index (χ4n) is 2.62. The van der Waals surface area contributed by atoms with Crippen LogP contribution >= 0.6 is 11.8 Å². The SMILES string of the molecule is CSCCC(NC(=O)C(C)NC(=O)C1CCCN1C(=O)CN)C(=O)O. The minimum absolute atomic E-state index is 0.171. The van der Waals surface area contributed by atoms with Crippen molar-refractivity contribution >= 4 is 35.5 Å². The highest BCUT2D eigenvalue weighted by atomic mass is 32.2. The van der Waals surface area contributed by atoms with Crippen molar-refractivity contribution in [3.8, 4) is 0 Å². The van der Waals surface area contributed by atoms with Gasteiger partial charge in [-0.1, -0.05) is 0 Å². The van der Waals surface area contributed by atoms with Gasteiger partial charge in [-0.3, -0.25) is 14.4 Å². The number of aliphatic carboxylic acids is 1. The third-order valence-electron chi connectivity index (χ3n) is 4.03. The molecule has 1 aliphatic heterocycles. The fourth-order valence-corrected chi connectivity index (χ4v) is 3.09. The minimum Gasteiger partial charge on any atom is -0.480 e. The molecule has 0 radical (unpaired) electrons. The van der Waals surface area contributed by atoms with Crippen molar-refractivity contribution < 1.29 is 24.3 Å². The summed E-state index contributed by atoms with van der Waals surface area (Å²) in [5, 5.41) is 14.1. The van der Waals surface area contributed by atoms with Crippen LogP contribution in [0.4, 0.5) is 0 Å². The molecule has 142 valence electrons. The van der Waals surface area contributed by atoms with E-state index in [1.165, 1.54) is 23.6 Å². The monoisotopic (exact) mass is 374 g/mol. The number of nitrogens with zero attached hydrogens (tertiary/aromatic N) is 1. The number of carboxylic acid groups (broad SMARTS) is 1. The summed E-state index contributed by atoms with van der Waals surface area (Å²) in [7, 11) is 0. The van der Waals surface area contributed by atoms with Crippen LogP contribution < -0.4 is 16.4 Å². The standard InChI is InChI=1S/C15H26N4O5S/c1-9(13(21)18-10(15(23)24)5-7-25-2)17-14(22)11-4-3-6-19(11)12(20)8-16/h9-11H,3-8,16H2,1-2H3,(H,17,22)(H,18,21)(H,23,24). The largest absolute Gasteiger partial charge is 0.480 e. The number of amides is 3. The molecule has 9 nitrogen and oxygen atoms in total. The molecule has 0 bridgehead atoms. The Labute approximate surface area is 151 Å². The fraction of sp³-hybridized carbons (Fsp3) is 0.733. The number of rotatable bonds is 9. The van der Waals surface area contributed by atoms with E-state index in [0.29, 0.717) is 31.6 Å². The van der Waals surface area contributed by atoms with Gasteiger partial charge in [-0.15, -0.1) is 0 Å². The highest BCUT2D eigenvalue weighted by Crippen LogP contribution is 2.17. The van der Waals surface area contributed by atoms with E-state index in [0.717, 1.165) is 0 Å². The van der Waals surface area contributed by atoms with Crippen molar-refractivity contribution in [1.29, 1.82) is 0 Å². The second-order valence-electron chi connectivity index (χ2n) is 5.86. The summed E-state index contributed by atoms with van der Waals surface area (Å²) in [5.74, 6) is -1.83. The van der Waals surface area contributed by atoms with Crippen molar-refractivity contribution in [1.82, 2.24) is 15.5 Å². The molecule has 3 atom stereocenters. The van der Waals surface area contributed by atoms with Crippen LogP contribution in [-0.2, 0) is 19.2 Å². The summed E-state index contributed by atoms with van der Waals surface area (Å²) < 4.78 is 0. The average Bonchev–Trinajstić information content (AvgIpc) is 3.06. The maximum Gasteiger partial charge on any atom is 0.326 e. The Bertz CT molecular complexity index is 516. The van der Waals surface area contributed by atoms with Gasteiger partial charge >= 0.3 is 5.97 Å². The van der Waals surface area contributed by atoms with Crippen LogP contribution in [0.1, 0.15) is 26.2 Å². The molecular formula is C15H26N4O5S. The normalized spacial score (nSPS) is 19.2. The molecular weight excluding hydrogens is 348 g/mol. The van der Waals surface area contributed by atoms with Crippen LogP contribution in [-0.4, -0.2) is 76.9 Å². The summed E-state index contributed by atoms with van der Waals surface area (Å²) in [5.41, 5.74) is 5.34. The topological polar surface area (TPSA) is 142 Å². The van der Waals surface area contributed by atoms with Crippen molar-refractivity contribution in [2.75, 3.05) is 25.1 Å². The molecule has 0 spiro atoms. The predicted molar refractivity (Wildman–Crippen MR) is 94.0 cm³/mol. The Morgan fingerprint density at radius 1 is 1.32 bits per heavy atom. The van der Waals surface area contributed by atoms with Crippen molar-refractivity contribution in [2.45, 2.75) is 44.3 Å². The number of hydrogen-bond donors (Lipinski definition) is 4. The predicted octanol–water partition coefficient (Wildman–Crippen LogP) is -1.24. The molecule has 1 saturated heterocycles. The molecule has 1 fully saturated rings. The molecule has 0 aromatic carbocycles. The molecule has 0 saturated carbocycles. The summed E-state index contributed by atoms with van der Waals surface area (Å²) in [4.78, 5) is 48.8. The smallest absolute Gasteiger partial charge is 0.326 e. The first-order valence-electron chi connectivity index (χ1n) is 8.13. The van der Waals surface area contributed by atoms with E-state index in [9.17, 15) is 19.2 Å². The number of likely N-dealkylation sites (tertiary alicyclic amines) is 1. The zero-order valence-corrected chi connectivity index (χ0v) is 15.3. The Balaban J connectivity index is 2.59. The van der Waals surface area contributed by atoms with Crippen molar-refractivity contribution in [3.05, 3.63) is 0 Å². The van der Waals surface area contributed by atoms with E-state index in [1.807, 2.05) is 6.26 Å². The first kappa shape index (κ1) is 21.2. The quantitative estimate of drug-likeness (QED) is 0.395. The lowest BCUT2D eigenvalue weighted by Gasteiger charge is -2.25. The summed E-state index contributed by atoms with van der Waals surface area (Å²) in [6.07, 6.45) is 3.35. The maximum atomic E-state index is 12.3. The number of carboxylic acids is 1. The van der Waals surface area contributed by atoms with E-state index in [-0.39, 0.29) is 12.5 Å². The Hall–Kier alpha value is -1.81. The molecule has 5 N–H and O–H groups in total. The third-order valence-corrected chi connectivity index (χ3v) is 4.67. The molecule has 0 aliphatic carbocycles. The van der Waals surface area contributed by atoms with Gasteiger partial charge in [-0.2, -0.15) is 11.8 Å². The molecule has 3 unspecified atom stereocenters. The van der Waals surface area contributed by atoms with Crippen LogP contribution in [0.5, 0.6) is 0 Å². The Kier molecular flexibility index (Phi) is 8.70. The lowest BCUT2D eigenvalue weighted by molar-refractivity contribution is -0.142. The van der Waals surface area contributed by atoms with Crippen LogP contribution in [0.25, 0.3) is 0 Å². The molecule has 0 aromatic rings. The van der Waals surface area contributed by atoms with Gasteiger partial charge in [0.25, 0.3) is 0 Å². The van der Waals surface area contributed by atoms with Crippen LogP contribution in [0.15, 0.2) is 0 Å². The number of nitrogens with one attached hydrogen (secondary N) is 2. The van der Waals surface area contributed by atoms with E-state index in [1.54, 1.807) is 0 Å². The lowest BCUT2D eigenvalue weighted by atomic mass is 10.1. The molecule has 0 aromatic heterocycles. The van der Waals surface area contributed by atoms with Gasteiger partial charge in [0.2, 0.25) is 17.7 Å². The van der Waals surface area contributed by atoms with Gasteiger partial charge in [-0.25, -0.2) is 4.79 Å². The van der Waals surface area contributed by atoms with Crippen LogP contribution in [0.3, 0.4) is 0 Å². The number of carbonyl (C=O) groups excluding carboxylic acids is 3. The summed E-state index contributed by atoms with van der Waals surface area (Å²) in [6, 6.07) is -2.54. The van der Waals surface area contributed by atoms with E-state index in [4.69, 9.17) is 10.8 Å². The molecule has 1 aliphatic rings. The van der Waals surface area contributed by atoms with Gasteiger partial charge in [0.15, 0.2) is 0 Å². The van der Waals surface area contributed by atoms with E-state index < -0.39 is 35.9 Å². The molecule has 3 amide bonds. The highest BCUT2D eigenvalue weighted by Gasteiger charge is 2.34. The van der Waals surface area contributed by atoms with Gasteiger partial charge < -0.3 is 26.4 Å². The van der Waals surface area contributed by atoms with E-state index in [2.05, 4.69) is 10.6 Å². The van der Waals surface area contributed by atoms with Crippen LogP contribution in [0, 0.1) is 0 Å². The Morgan fingerprint density at radius 2 is 2.00 bits per heavy atom. The second kappa shape index (κ2) is 10.2. The Morgan fingerprint density at radius 3 is 2.56 bits per heavy atom. The third kappa shape index (κ3) is 6.20. The van der Waals surface area contributed by atoms with Gasteiger partial charge in [-0.05, 0) is 38.2 Å². The van der Waals surface area contributed by atoms with Crippen molar-refractivity contribution in [2.24, 2.45) is 5.73 Å². The summed E-state index contributed by atoms with van der Waals surface area (Å²) >= 11 is 1.48. The second-order valence-corrected chi connectivity index (χ2v) is 6.85. The molecule has 25 heavy (non-hydrogen) atoms. The first-order valence-corrected chi connectivity index (χ1v) is 9.53. The number of carbonyl (C=O) groups is 4. The lowest BCUT2D eigenvalue weighted by Crippen LogP contribution is -2.54. The van der Waals surface area contributed by atoms with Crippen molar-refractivity contribution in [3.63, 3.8) is 0 Å². The van der Waals surface area contributed by atoms with Gasteiger partial charge in [0.05, 0.1) is 6.54 Å². The van der Waals surface area contributed by atoms with Crippen LogP contribution in [0.2, 0.25) is 0 Å². The number of nitrogens with two attached hydrogens (primary N) is 1. The van der Waals surface area contributed by atoms with Gasteiger partial charge in [0.1, 0.15) is 18.1 Å². The zero-order chi connectivity index (χ0) is 19.0. The van der Waals surface area contributed by atoms with Gasteiger partial charge in [0, 0.05) is 6.54 Å². The molecule has 1 rings (SSSR count). The maximum absolute atomic E-state index is 12.3. The highest BCUT2D eigenvalue weighted by molar-refractivity contribution is 7.98. The number of thioether (sulfide) groups is 1.